The monoisotopic (exact) mass is 728 g/mol. The zero-order valence-electron chi connectivity index (χ0n) is 30.7. The molecule has 1 aliphatic carbocycles. The van der Waals surface area contributed by atoms with Gasteiger partial charge in [0.25, 0.3) is 21.8 Å². The third-order valence-electron chi connectivity index (χ3n) is 10.3. The van der Waals surface area contributed by atoms with E-state index < -0.39 is 16.1 Å². The minimum atomic E-state index is -3.96. The summed E-state index contributed by atoms with van der Waals surface area (Å²) in [6, 6.07) is 8.30. The second-order valence-corrected chi connectivity index (χ2v) is 16.3. The molecule has 4 N–H and O–H groups in total. The van der Waals surface area contributed by atoms with E-state index in [1.165, 1.54) is 5.56 Å². The van der Waals surface area contributed by atoms with Crippen LogP contribution in [-0.4, -0.2) is 35.6 Å². The van der Waals surface area contributed by atoms with E-state index in [-0.39, 0.29) is 28.8 Å². The average molecular weight is 729 g/mol. The molecule has 3 aliphatic rings. The van der Waals surface area contributed by atoms with Crippen LogP contribution >= 0.6 is 0 Å². The van der Waals surface area contributed by atoms with Crippen molar-refractivity contribution in [1.82, 2.24) is 0 Å². The summed E-state index contributed by atoms with van der Waals surface area (Å²) < 4.78 is 35.5. The number of allylic oxidation sites excluding steroid dienone is 12. The molecule has 2 aromatic rings. The van der Waals surface area contributed by atoms with E-state index in [4.69, 9.17) is 9.66 Å². The lowest BCUT2D eigenvalue weighted by Crippen LogP contribution is -2.36. The molecule has 0 radical (unpaired) electrons. The highest BCUT2D eigenvalue weighted by Crippen LogP contribution is 2.42. The first kappa shape index (κ1) is 38.6. The molecule has 1 saturated carbocycles. The molecular formula is C41H52N4O6S+2. The Morgan fingerprint density at radius 2 is 1.21 bits per heavy atom. The standard InChI is InChI=1S/C41H50N4O6S/c1-40(2)32-18-14-27-44(25-11-5-6-22-36(46)47)38(32)42-34(40)20-9-7-16-30-23-24-31(37(30)48)17-8-10-21-35-41(3,4)33-19-15-28-45(39(33)43-35)26-12-13-29-52(49,50)51/h7-10,14-21,27-28H,5-6,11-13,22-26,29H2,1-4H3,(H2,46,47,49,50,51)/p+2/b9-7+,10-8+,30-16+,31-17+,34-20+,35-21+. The number of rotatable bonds is 15. The fraction of sp³-hybridized carbons (Fsp3) is 0.415. The second-order valence-electron chi connectivity index (χ2n) is 14.8. The number of ketones is 1. The average Bonchev–Trinajstić information content (AvgIpc) is 3.66. The number of fused-ring (bicyclic) bond motifs is 2. The summed E-state index contributed by atoms with van der Waals surface area (Å²) in [6.45, 7) is 10.2. The Bertz CT molecular complexity index is 2000. The molecule has 10 nitrogen and oxygen atoms in total. The van der Waals surface area contributed by atoms with Crippen molar-refractivity contribution in [3.05, 3.63) is 119 Å². The third kappa shape index (κ3) is 9.24. The summed E-state index contributed by atoms with van der Waals surface area (Å²) >= 11 is 0. The van der Waals surface area contributed by atoms with Gasteiger partial charge >= 0.3 is 5.97 Å². The van der Waals surface area contributed by atoms with Gasteiger partial charge in [-0.25, -0.2) is 19.8 Å². The Morgan fingerprint density at radius 3 is 1.67 bits per heavy atom. The van der Waals surface area contributed by atoms with Gasteiger partial charge in [-0.3, -0.25) is 14.1 Å². The number of aryl methyl sites for hydroxylation is 2. The van der Waals surface area contributed by atoms with Crippen molar-refractivity contribution < 1.29 is 36.8 Å². The summed E-state index contributed by atoms with van der Waals surface area (Å²) in [4.78, 5) is 24.0. The fourth-order valence-corrected chi connectivity index (χ4v) is 7.66. The second kappa shape index (κ2) is 16.4. The van der Waals surface area contributed by atoms with Gasteiger partial charge in [0.15, 0.2) is 5.78 Å². The van der Waals surface area contributed by atoms with E-state index in [0.717, 1.165) is 59.1 Å². The van der Waals surface area contributed by atoms with Crippen LogP contribution in [0.4, 0.5) is 11.6 Å². The fourth-order valence-electron chi connectivity index (χ4n) is 7.09. The van der Waals surface area contributed by atoms with Gasteiger partial charge in [0.2, 0.25) is 0 Å². The van der Waals surface area contributed by atoms with E-state index in [2.05, 4.69) is 77.9 Å². The number of nitrogens with one attached hydrogen (secondary N) is 2. The summed E-state index contributed by atoms with van der Waals surface area (Å²) in [6.07, 6.45) is 24.9. The Labute approximate surface area is 307 Å². The smallest absolute Gasteiger partial charge is 0.303 e. The number of pyridine rings is 2. The van der Waals surface area contributed by atoms with Crippen LogP contribution in [0.5, 0.6) is 0 Å². The maximum Gasteiger partial charge on any atom is 0.303 e. The molecule has 0 aromatic carbocycles. The van der Waals surface area contributed by atoms with Gasteiger partial charge in [-0.05, 0) is 109 Å². The van der Waals surface area contributed by atoms with Gasteiger partial charge in [-0.2, -0.15) is 8.42 Å². The van der Waals surface area contributed by atoms with E-state index in [9.17, 15) is 18.0 Å². The number of nitrogens with zero attached hydrogens (tertiary/aromatic N) is 2. The van der Waals surface area contributed by atoms with Crippen LogP contribution in [0.15, 0.2) is 108 Å². The number of carboxylic acids is 1. The zero-order chi connectivity index (χ0) is 37.5. The molecule has 1 fully saturated rings. The van der Waals surface area contributed by atoms with E-state index >= 15 is 0 Å². The van der Waals surface area contributed by atoms with Crippen molar-refractivity contribution >= 4 is 33.5 Å². The number of anilines is 2. The molecule has 52 heavy (non-hydrogen) atoms. The largest absolute Gasteiger partial charge is 0.481 e. The minimum absolute atomic E-state index is 0.0764. The molecule has 0 atom stereocenters. The number of aliphatic carboxylic acids is 1. The predicted octanol–water partition coefficient (Wildman–Crippen LogP) is 6.78. The molecule has 11 heteroatoms. The van der Waals surface area contributed by atoms with Crippen molar-refractivity contribution in [2.45, 2.75) is 103 Å². The molecule has 4 heterocycles. The Balaban J connectivity index is 1.17. The molecule has 0 saturated heterocycles. The summed E-state index contributed by atoms with van der Waals surface area (Å²) in [5.41, 5.74) is 5.59. The molecular weight excluding hydrogens is 677 g/mol. The minimum Gasteiger partial charge on any atom is -0.481 e. The van der Waals surface area contributed by atoms with Gasteiger partial charge in [0, 0.05) is 17.6 Å². The maximum absolute atomic E-state index is 13.2. The number of carbonyl (C=O) groups excluding carboxylic acids is 1. The van der Waals surface area contributed by atoms with Crippen molar-refractivity contribution in [3.8, 4) is 0 Å². The van der Waals surface area contributed by atoms with Crippen LogP contribution in [0.2, 0.25) is 0 Å². The van der Waals surface area contributed by atoms with Crippen LogP contribution in [0.25, 0.3) is 0 Å². The topological polar surface area (TPSA) is 141 Å². The lowest BCUT2D eigenvalue weighted by Gasteiger charge is -2.16. The number of hydrogen-bond donors (Lipinski definition) is 4. The number of carbonyl (C=O) groups is 2. The maximum atomic E-state index is 13.2. The van der Waals surface area contributed by atoms with Crippen molar-refractivity contribution in [2.24, 2.45) is 0 Å². The van der Waals surface area contributed by atoms with Crippen LogP contribution in [0.3, 0.4) is 0 Å². The van der Waals surface area contributed by atoms with Crippen LogP contribution < -0.4 is 19.8 Å². The number of Topliss-reactive ketones (excluding diaryl/α,β-unsaturated/α-hetero) is 1. The first-order chi connectivity index (χ1) is 24.7. The number of carboxylic acid groups (broad SMARTS) is 1. The number of hydrogen-bond acceptors (Lipinski definition) is 6. The van der Waals surface area contributed by atoms with Gasteiger partial charge < -0.3 is 5.11 Å². The Kier molecular flexibility index (Phi) is 12.2. The third-order valence-corrected chi connectivity index (χ3v) is 11.1. The van der Waals surface area contributed by atoms with Crippen LogP contribution in [0, 0.1) is 0 Å². The molecule has 2 aliphatic heterocycles. The molecule has 2 aromatic heterocycles. The molecule has 276 valence electrons. The van der Waals surface area contributed by atoms with Crippen molar-refractivity contribution in [2.75, 3.05) is 16.4 Å². The summed E-state index contributed by atoms with van der Waals surface area (Å²) in [5, 5.41) is 16.1. The van der Waals surface area contributed by atoms with Crippen LogP contribution in [-0.2, 0) is 43.6 Å². The van der Waals surface area contributed by atoms with Gasteiger partial charge in [-0.1, -0.05) is 36.5 Å². The molecule has 0 spiro atoms. The van der Waals surface area contributed by atoms with E-state index in [1.54, 1.807) is 0 Å². The van der Waals surface area contributed by atoms with E-state index in [0.29, 0.717) is 38.6 Å². The number of unbranched alkanes of at least 4 members (excludes halogenated alkanes) is 3. The van der Waals surface area contributed by atoms with Crippen LogP contribution in [0.1, 0.15) is 90.2 Å². The lowest BCUT2D eigenvalue weighted by molar-refractivity contribution is -0.683. The Hall–Kier alpha value is -4.61. The Morgan fingerprint density at radius 1 is 0.750 bits per heavy atom. The lowest BCUT2D eigenvalue weighted by atomic mass is 9.84. The normalized spacial score (nSPS) is 20.8. The predicted molar refractivity (Wildman–Crippen MR) is 203 cm³/mol. The van der Waals surface area contributed by atoms with Crippen molar-refractivity contribution in [1.29, 1.82) is 0 Å². The molecule has 0 amide bonds. The van der Waals surface area contributed by atoms with E-state index in [1.807, 2.05) is 54.8 Å². The highest BCUT2D eigenvalue weighted by atomic mass is 32.2. The SMILES string of the molecule is CC1(C)\C(=C/C=C/C=C2\CC\C(=C/C=C/C=C3/Nc4c(ccc[n+]4CCCCS(=O)(=O)O)C3(C)C)C2=O)Nc2c1ccc[n+]2CCCCCC(=O)O. The number of aromatic nitrogens is 2. The summed E-state index contributed by atoms with van der Waals surface area (Å²) in [5.74, 6) is 1.14. The quantitative estimate of drug-likeness (QED) is 0.0682. The van der Waals surface area contributed by atoms with Gasteiger partial charge in [0.1, 0.15) is 11.4 Å². The summed E-state index contributed by atoms with van der Waals surface area (Å²) in [7, 11) is -3.96. The zero-order valence-corrected chi connectivity index (χ0v) is 31.5. The first-order valence-corrected chi connectivity index (χ1v) is 19.8. The van der Waals surface area contributed by atoms with Gasteiger partial charge in [0.05, 0.1) is 53.2 Å². The highest BCUT2D eigenvalue weighted by Gasteiger charge is 2.43. The first-order valence-electron chi connectivity index (χ1n) is 18.2. The molecule has 0 unspecified atom stereocenters. The highest BCUT2D eigenvalue weighted by molar-refractivity contribution is 7.85. The van der Waals surface area contributed by atoms with Crippen molar-refractivity contribution in [3.63, 3.8) is 0 Å². The molecule has 0 bridgehead atoms. The van der Waals surface area contributed by atoms with Gasteiger partial charge in [-0.15, -0.1) is 0 Å². The molecule has 5 rings (SSSR count).